The number of hydrogen-bond donors (Lipinski definition) is 2. The highest BCUT2D eigenvalue weighted by molar-refractivity contribution is 9.10. The number of carbonyl (C=O) groups is 1. The van der Waals surface area contributed by atoms with E-state index in [9.17, 15) is 20.0 Å². The van der Waals surface area contributed by atoms with Crippen molar-refractivity contribution >= 4 is 56.6 Å². The van der Waals surface area contributed by atoms with Gasteiger partial charge in [-0.25, -0.2) is 4.79 Å². The normalized spacial score (nSPS) is 25.2. The number of alkyl halides is 1. The smallest absolute Gasteiger partial charge is 0.335 e. The van der Waals surface area contributed by atoms with Gasteiger partial charge in [0.25, 0.3) is 5.69 Å². The van der Waals surface area contributed by atoms with Gasteiger partial charge in [-0.15, -0.1) is 23.4 Å². The third-order valence-corrected chi connectivity index (χ3v) is 9.27. The summed E-state index contributed by atoms with van der Waals surface area (Å²) < 4.78 is 0.988. The fourth-order valence-electron chi connectivity index (χ4n) is 5.12. The number of nitrogens with zero attached hydrogens (tertiary/aromatic N) is 1. The predicted octanol–water partition coefficient (Wildman–Crippen LogP) is 7.09. The average Bonchev–Trinajstić information content (AvgIpc) is 3.15. The Kier molecular flexibility index (Phi) is 6.31. The van der Waals surface area contributed by atoms with Crippen LogP contribution in [0.5, 0.6) is 0 Å². The van der Waals surface area contributed by atoms with Crippen molar-refractivity contribution in [2.24, 2.45) is 5.92 Å². The summed E-state index contributed by atoms with van der Waals surface area (Å²) in [5.41, 5.74) is 3.18. The lowest BCUT2D eigenvalue weighted by Gasteiger charge is -2.38. The maximum atomic E-state index is 11.7. The number of aromatic carboxylic acids is 1. The summed E-state index contributed by atoms with van der Waals surface area (Å²) in [5.74, 6) is -0.976. The Morgan fingerprint density at radius 1 is 1.15 bits per heavy atom. The fourth-order valence-corrected chi connectivity index (χ4v) is 7.33. The van der Waals surface area contributed by atoms with Crippen LogP contribution < -0.4 is 5.32 Å². The molecule has 0 aromatic heterocycles. The van der Waals surface area contributed by atoms with Crippen LogP contribution in [0.3, 0.4) is 0 Å². The summed E-state index contributed by atoms with van der Waals surface area (Å²) in [6.45, 7) is 0. The Morgan fingerprint density at radius 3 is 2.59 bits per heavy atom. The third kappa shape index (κ3) is 4.19. The van der Waals surface area contributed by atoms with Crippen LogP contribution in [0.4, 0.5) is 11.4 Å². The predicted molar refractivity (Wildman–Crippen MR) is 137 cm³/mol. The van der Waals surface area contributed by atoms with Crippen LogP contribution in [-0.4, -0.2) is 26.6 Å². The zero-order valence-corrected chi connectivity index (χ0v) is 20.9. The van der Waals surface area contributed by atoms with Crippen LogP contribution in [-0.2, 0) is 0 Å². The summed E-state index contributed by atoms with van der Waals surface area (Å²) in [6, 6.07) is 20.0. The van der Waals surface area contributed by atoms with Gasteiger partial charge in [-0.1, -0.05) is 40.2 Å². The van der Waals surface area contributed by atoms with E-state index in [4.69, 9.17) is 11.6 Å². The molecule has 5 atom stereocenters. The van der Waals surface area contributed by atoms with Gasteiger partial charge in [0, 0.05) is 27.4 Å². The first-order valence-electron chi connectivity index (χ1n) is 10.8. The maximum Gasteiger partial charge on any atom is 0.335 e. The molecular formula is C25H20BrClN2O4S. The molecular weight excluding hydrogens is 540 g/mol. The Hall–Kier alpha value is -2.55. The number of nitro groups is 1. The van der Waals surface area contributed by atoms with Crippen molar-refractivity contribution in [1.29, 1.82) is 0 Å². The van der Waals surface area contributed by atoms with Gasteiger partial charge in [0.2, 0.25) is 0 Å². The molecule has 1 fully saturated rings. The lowest BCUT2D eigenvalue weighted by molar-refractivity contribution is -0.387. The quantitative estimate of drug-likeness (QED) is 0.197. The van der Waals surface area contributed by atoms with E-state index in [1.54, 1.807) is 30.3 Å². The highest BCUT2D eigenvalue weighted by Crippen LogP contribution is 2.58. The number of nitro benzene ring substituents is 1. The molecule has 0 spiro atoms. The minimum Gasteiger partial charge on any atom is -0.478 e. The van der Waals surface area contributed by atoms with Gasteiger partial charge < -0.3 is 10.4 Å². The van der Waals surface area contributed by atoms with Crippen LogP contribution in [0.2, 0.25) is 0 Å². The molecule has 0 unspecified atom stereocenters. The standard InChI is InChI=1S/C25H20BrClN2O4S/c26-15-8-5-13(6-9-15)24-17-12-21(34-20-4-2-1-3-19(20)29(32)33)23(27)22(17)16-11-14(25(30)31)7-10-18(16)28-24/h1-11,17,21-24,28H,12H2,(H,30,31)/t17-,21+,22-,23+,24+/m0/s1. The maximum absolute atomic E-state index is 11.7. The van der Waals surface area contributed by atoms with Gasteiger partial charge in [-0.2, -0.15) is 0 Å². The highest BCUT2D eigenvalue weighted by atomic mass is 79.9. The lowest BCUT2D eigenvalue weighted by atomic mass is 9.77. The zero-order chi connectivity index (χ0) is 24.0. The summed E-state index contributed by atoms with van der Waals surface area (Å²) in [7, 11) is 0. The summed E-state index contributed by atoms with van der Waals surface area (Å²) in [6.07, 6.45) is 0.736. The molecule has 1 aliphatic heterocycles. The first-order chi connectivity index (χ1) is 16.3. The molecule has 1 heterocycles. The van der Waals surface area contributed by atoms with E-state index in [1.807, 2.05) is 18.2 Å². The molecule has 2 aliphatic rings. The zero-order valence-electron chi connectivity index (χ0n) is 17.7. The van der Waals surface area contributed by atoms with Crippen LogP contribution in [0.25, 0.3) is 0 Å². The third-order valence-electron chi connectivity index (χ3n) is 6.63. The van der Waals surface area contributed by atoms with Gasteiger partial charge in [0.15, 0.2) is 0 Å². The van der Waals surface area contributed by atoms with Gasteiger partial charge in [0.1, 0.15) is 0 Å². The fraction of sp³-hybridized carbons (Fsp3) is 0.240. The number of rotatable bonds is 5. The number of anilines is 1. The van der Waals surface area contributed by atoms with Crippen molar-refractivity contribution in [3.8, 4) is 0 Å². The van der Waals surface area contributed by atoms with E-state index < -0.39 is 5.97 Å². The van der Waals surface area contributed by atoms with E-state index in [1.165, 1.54) is 17.8 Å². The van der Waals surface area contributed by atoms with Crippen molar-refractivity contribution in [1.82, 2.24) is 0 Å². The largest absolute Gasteiger partial charge is 0.478 e. The molecule has 6 nitrogen and oxygen atoms in total. The second kappa shape index (κ2) is 9.24. The molecule has 2 N–H and O–H groups in total. The molecule has 1 aliphatic carbocycles. The number of carboxylic acids is 1. The van der Waals surface area contributed by atoms with Crippen molar-refractivity contribution in [3.63, 3.8) is 0 Å². The number of para-hydroxylation sites is 1. The van der Waals surface area contributed by atoms with Crippen LogP contribution >= 0.6 is 39.3 Å². The monoisotopic (exact) mass is 558 g/mol. The van der Waals surface area contributed by atoms with Gasteiger partial charge in [-0.05, 0) is 59.9 Å². The van der Waals surface area contributed by atoms with E-state index >= 15 is 0 Å². The van der Waals surface area contributed by atoms with Crippen molar-refractivity contribution in [2.75, 3.05) is 5.32 Å². The van der Waals surface area contributed by atoms with Gasteiger partial charge in [0.05, 0.1) is 26.8 Å². The number of fused-ring (bicyclic) bond motifs is 3. The van der Waals surface area contributed by atoms with Crippen LogP contribution in [0.1, 0.15) is 39.9 Å². The van der Waals surface area contributed by atoms with E-state index in [-0.39, 0.29) is 44.7 Å². The number of benzene rings is 3. The summed E-state index contributed by atoms with van der Waals surface area (Å²) in [5, 5.41) is 24.3. The SMILES string of the molecule is O=C(O)c1ccc2c(c1)[C@@H]1[C@H](Cl)[C@H](Sc3ccccc3[N+](=O)[O-])C[C@@H]1[C@@H](c1ccc(Br)cc1)N2. The average molecular weight is 560 g/mol. The Bertz CT molecular complexity index is 1270. The minimum absolute atomic E-state index is 0.0149. The number of nitrogens with one attached hydrogen (secondary N) is 1. The topological polar surface area (TPSA) is 92.5 Å². The molecule has 0 saturated heterocycles. The molecule has 1 saturated carbocycles. The first kappa shape index (κ1) is 23.2. The molecule has 174 valence electrons. The summed E-state index contributed by atoms with van der Waals surface area (Å²) >= 11 is 12.0. The van der Waals surface area contributed by atoms with E-state index in [0.29, 0.717) is 4.90 Å². The van der Waals surface area contributed by atoms with Crippen molar-refractivity contribution in [3.05, 3.63) is 98.0 Å². The molecule has 34 heavy (non-hydrogen) atoms. The Morgan fingerprint density at radius 2 is 1.88 bits per heavy atom. The number of hydrogen-bond acceptors (Lipinski definition) is 5. The number of carboxylic acid groups (broad SMARTS) is 1. The second-order valence-electron chi connectivity index (χ2n) is 8.53. The summed E-state index contributed by atoms with van der Waals surface area (Å²) in [4.78, 5) is 23.4. The number of thioether (sulfide) groups is 1. The molecule has 0 amide bonds. The van der Waals surface area contributed by atoms with Crippen LogP contribution in [0, 0.1) is 16.0 Å². The van der Waals surface area contributed by atoms with E-state index in [2.05, 4.69) is 33.4 Å². The molecule has 5 rings (SSSR count). The Balaban J connectivity index is 1.55. The highest BCUT2D eigenvalue weighted by Gasteiger charge is 2.50. The van der Waals surface area contributed by atoms with Gasteiger partial charge in [-0.3, -0.25) is 10.1 Å². The van der Waals surface area contributed by atoms with Crippen molar-refractivity contribution < 1.29 is 14.8 Å². The number of halogens is 2. The molecule has 3 aromatic rings. The molecule has 0 bridgehead atoms. The van der Waals surface area contributed by atoms with Gasteiger partial charge >= 0.3 is 5.97 Å². The molecule has 0 radical (unpaired) electrons. The molecule has 9 heteroatoms. The van der Waals surface area contributed by atoms with Crippen LogP contribution in [0.15, 0.2) is 76.1 Å². The van der Waals surface area contributed by atoms with E-state index in [0.717, 1.165) is 27.7 Å². The second-order valence-corrected chi connectivity index (χ2v) is 11.2. The Labute approximate surface area is 214 Å². The molecule has 3 aromatic carbocycles. The van der Waals surface area contributed by atoms with Crippen molar-refractivity contribution in [2.45, 2.75) is 33.9 Å². The first-order valence-corrected chi connectivity index (χ1v) is 12.9. The lowest BCUT2D eigenvalue weighted by Crippen LogP contribution is -2.31. The minimum atomic E-state index is -0.982.